The molecule has 2 heterocycles. The monoisotopic (exact) mass is 445 g/mol. The summed E-state index contributed by atoms with van der Waals surface area (Å²) in [5, 5.41) is 4.01. The van der Waals surface area contributed by atoms with E-state index in [1.165, 1.54) is 17.0 Å². The number of rotatable bonds is 7. The van der Waals surface area contributed by atoms with Gasteiger partial charge in [0.1, 0.15) is 0 Å². The van der Waals surface area contributed by atoms with Crippen molar-refractivity contribution in [3.05, 3.63) is 53.1 Å². The van der Waals surface area contributed by atoms with Gasteiger partial charge in [0.05, 0.1) is 30.3 Å². The van der Waals surface area contributed by atoms with Crippen LogP contribution in [0.1, 0.15) is 31.6 Å². The Morgan fingerprint density at radius 2 is 2.13 bits per heavy atom. The van der Waals surface area contributed by atoms with Crippen LogP contribution >= 0.6 is 11.6 Å². The lowest BCUT2D eigenvalue weighted by Crippen LogP contribution is -2.25. The Morgan fingerprint density at radius 3 is 2.90 bits per heavy atom. The molecule has 1 saturated heterocycles. The Hall–Kier alpha value is -3.13. The number of aromatic nitrogens is 2. The van der Waals surface area contributed by atoms with Gasteiger partial charge < -0.3 is 18.9 Å². The Bertz CT molecular complexity index is 1100. The Labute approximate surface area is 183 Å². The lowest BCUT2D eigenvalue weighted by molar-refractivity contribution is -0.117. The number of anilines is 1. The summed E-state index contributed by atoms with van der Waals surface area (Å²) in [5.41, 5.74) is 0.838. The molecule has 2 aromatic carbocycles. The number of nitrogens with zero attached hydrogens (tertiary/aromatic N) is 3. The molecule has 3 aromatic rings. The number of hydrogen-bond acceptors (Lipinski definition) is 6. The minimum absolute atomic E-state index is 0.0332. The van der Waals surface area contributed by atoms with Crippen LogP contribution in [0.3, 0.4) is 0 Å². The fourth-order valence-corrected chi connectivity index (χ4v) is 3.63. The average molecular weight is 446 g/mol. The lowest BCUT2D eigenvalue weighted by atomic mass is 10.1. The second-order valence-corrected chi connectivity index (χ2v) is 7.56. The van der Waals surface area contributed by atoms with Gasteiger partial charge in [-0.15, -0.1) is 0 Å². The van der Waals surface area contributed by atoms with Crippen LogP contribution in [0.15, 0.2) is 40.9 Å². The molecular weight excluding hydrogens is 425 g/mol. The fraction of sp³-hybridized carbons (Fsp3) is 0.318. The van der Waals surface area contributed by atoms with E-state index in [9.17, 15) is 9.18 Å². The van der Waals surface area contributed by atoms with Gasteiger partial charge in [-0.1, -0.05) is 29.7 Å². The van der Waals surface area contributed by atoms with Crippen LogP contribution in [0.5, 0.6) is 11.5 Å². The van der Waals surface area contributed by atoms with E-state index in [0.29, 0.717) is 35.4 Å². The summed E-state index contributed by atoms with van der Waals surface area (Å²) in [5.74, 6) is 0.690. The van der Waals surface area contributed by atoms with Crippen LogP contribution in [-0.2, 0) is 4.79 Å². The maximum atomic E-state index is 14.4. The van der Waals surface area contributed by atoms with Crippen molar-refractivity contribution in [2.24, 2.45) is 0 Å². The summed E-state index contributed by atoms with van der Waals surface area (Å²) < 4.78 is 30.9. The molecule has 9 heteroatoms. The van der Waals surface area contributed by atoms with Gasteiger partial charge in [-0.3, -0.25) is 4.79 Å². The molecule has 1 aliphatic rings. The predicted octanol–water partition coefficient (Wildman–Crippen LogP) is 4.85. The normalized spacial score (nSPS) is 16.1. The molecule has 162 valence electrons. The number of ether oxygens (including phenoxy) is 2. The van der Waals surface area contributed by atoms with Crippen LogP contribution in [0, 0.1) is 5.82 Å². The molecule has 1 aliphatic heterocycles. The maximum absolute atomic E-state index is 14.4. The minimum Gasteiger partial charge on any atom is -0.493 e. The number of carbonyl (C=O) groups excluding carboxylic acids is 1. The summed E-state index contributed by atoms with van der Waals surface area (Å²) in [6.45, 7) is 2.84. The largest absolute Gasteiger partial charge is 0.493 e. The van der Waals surface area contributed by atoms with Crippen LogP contribution in [0.2, 0.25) is 5.02 Å². The van der Waals surface area contributed by atoms with E-state index < -0.39 is 5.82 Å². The first-order valence-corrected chi connectivity index (χ1v) is 10.3. The van der Waals surface area contributed by atoms with Gasteiger partial charge in [0, 0.05) is 18.5 Å². The summed E-state index contributed by atoms with van der Waals surface area (Å²) in [6.07, 6.45) is 1.02. The smallest absolute Gasteiger partial charge is 0.232 e. The van der Waals surface area contributed by atoms with Crippen LogP contribution < -0.4 is 14.4 Å². The van der Waals surface area contributed by atoms with Crippen molar-refractivity contribution < 1.29 is 23.2 Å². The van der Waals surface area contributed by atoms with Crippen molar-refractivity contribution in [1.29, 1.82) is 0 Å². The minimum atomic E-state index is -0.623. The van der Waals surface area contributed by atoms with Crippen molar-refractivity contribution in [2.75, 3.05) is 25.2 Å². The zero-order chi connectivity index (χ0) is 22.0. The van der Waals surface area contributed by atoms with E-state index >= 15 is 0 Å². The van der Waals surface area contributed by atoms with Gasteiger partial charge in [-0.05, 0) is 36.8 Å². The predicted molar refractivity (Wildman–Crippen MR) is 113 cm³/mol. The highest BCUT2D eigenvalue weighted by Crippen LogP contribution is 2.36. The number of hydrogen-bond donors (Lipinski definition) is 0. The lowest BCUT2D eigenvalue weighted by Gasteiger charge is -2.17. The van der Waals surface area contributed by atoms with E-state index in [2.05, 4.69) is 10.1 Å². The first-order chi connectivity index (χ1) is 15.0. The Morgan fingerprint density at radius 1 is 1.29 bits per heavy atom. The second-order valence-electron chi connectivity index (χ2n) is 7.15. The van der Waals surface area contributed by atoms with E-state index in [0.717, 1.165) is 6.42 Å². The Kier molecular flexibility index (Phi) is 6.08. The third kappa shape index (κ3) is 4.20. The fourth-order valence-electron chi connectivity index (χ4n) is 3.46. The Balaban J connectivity index is 1.54. The molecule has 0 bridgehead atoms. The molecule has 1 aromatic heterocycles. The summed E-state index contributed by atoms with van der Waals surface area (Å²) in [7, 11) is 1.56. The second kappa shape index (κ2) is 8.93. The van der Waals surface area contributed by atoms with Crippen molar-refractivity contribution in [3.8, 4) is 22.9 Å². The highest BCUT2D eigenvalue weighted by molar-refractivity contribution is 6.31. The van der Waals surface area contributed by atoms with Crippen molar-refractivity contribution in [1.82, 2.24) is 10.1 Å². The zero-order valence-electron chi connectivity index (χ0n) is 17.1. The van der Waals surface area contributed by atoms with E-state index in [4.69, 9.17) is 25.6 Å². The van der Waals surface area contributed by atoms with E-state index in [-0.39, 0.29) is 35.5 Å². The number of halogens is 2. The van der Waals surface area contributed by atoms with E-state index in [1.807, 2.05) is 13.0 Å². The van der Waals surface area contributed by atoms with Gasteiger partial charge in [0.25, 0.3) is 0 Å². The molecule has 4 rings (SSSR count). The van der Waals surface area contributed by atoms with Gasteiger partial charge >= 0.3 is 0 Å². The summed E-state index contributed by atoms with van der Waals surface area (Å²) in [4.78, 5) is 18.3. The molecule has 0 saturated carbocycles. The first-order valence-electron chi connectivity index (χ1n) is 9.91. The molecule has 31 heavy (non-hydrogen) atoms. The van der Waals surface area contributed by atoms with Gasteiger partial charge in [0.2, 0.25) is 17.6 Å². The highest BCUT2D eigenvalue weighted by Gasteiger charge is 2.36. The van der Waals surface area contributed by atoms with Gasteiger partial charge in [0.15, 0.2) is 17.3 Å². The third-order valence-electron chi connectivity index (χ3n) is 5.02. The van der Waals surface area contributed by atoms with Gasteiger partial charge in [-0.25, -0.2) is 4.39 Å². The maximum Gasteiger partial charge on any atom is 0.232 e. The number of benzene rings is 2. The summed E-state index contributed by atoms with van der Waals surface area (Å²) in [6, 6.07) is 9.95. The standard InChI is InChI=1S/C22H21ClFN3O4/c1-3-9-30-17-8-7-13(10-18(17)29-2)21-25-22(31-26-21)14-11-19(28)27(12-14)16-6-4-5-15(23)20(16)24/h4-8,10,14H,3,9,11-12H2,1-2H3. The van der Waals surface area contributed by atoms with Crippen molar-refractivity contribution >= 4 is 23.2 Å². The van der Waals surface area contributed by atoms with Crippen LogP contribution in [0.4, 0.5) is 10.1 Å². The first kappa shape index (κ1) is 21.1. The molecule has 0 aliphatic carbocycles. The number of amides is 1. The molecule has 0 radical (unpaired) electrons. The topological polar surface area (TPSA) is 77.7 Å². The highest BCUT2D eigenvalue weighted by atomic mass is 35.5. The van der Waals surface area contributed by atoms with Crippen LogP contribution in [0.25, 0.3) is 11.4 Å². The zero-order valence-corrected chi connectivity index (χ0v) is 17.9. The number of carbonyl (C=O) groups is 1. The SMILES string of the molecule is CCCOc1ccc(-c2noc(C3CC(=O)N(c4cccc(Cl)c4F)C3)n2)cc1OC. The molecule has 7 nitrogen and oxygen atoms in total. The van der Waals surface area contributed by atoms with Crippen LogP contribution in [-0.4, -0.2) is 36.3 Å². The quantitative estimate of drug-likeness (QED) is 0.517. The molecule has 0 N–H and O–H groups in total. The molecule has 1 unspecified atom stereocenters. The molecule has 1 fully saturated rings. The number of methoxy groups -OCH3 is 1. The third-order valence-corrected chi connectivity index (χ3v) is 5.31. The molecular formula is C22H21ClFN3O4. The molecule has 1 atom stereocenters. The van der Waals surface area contributed by atoms with Crippen molar-refractivity contribution in [3.63, 3.8) is 0 Å². The van der Waals surface area contributed by atoms with E-state index in [1.54, 1.807) is 25.3 Å². The molecule has 0 spiro atoms. The average Bonchev–Trinajstić information content (AvgIpc) is 3.41. The van der Waals surface area contributed by atoms with Crippen molar-refractivity contribution in [2.45, 2.75) is 25.7 Å². The van der Waals surface area contributed by atoms with Gasteiger partial charge in [-0.2, -0.15) is 4.98 Å². The summed E-state index contributed by atoms with van der Waals surface area (Å²) >= 11 is 5.86. The molecule has 1 amide bonds.